The van der Waals surface area contributed by atoms with Crippen LogP contribution in [0, 0.1) is 12.7 Å². The molecule has 1 aliphatic rings. The van der Waals surface area contributed by atoms with E-state index in [4.69, 9.17) is 4.52 Å². The number of rotatable bonds is 3. The van der Waals surface area contributed by atoms with Crippen molar-refractivity contribution in [3.63, 3.8) is 0 Å². The van der Waals surface area contributed by atoms with E-state index in [1.165, 1.54) is 6.07 Å². The fraction of sp³-hybridized carbons (Fsp3) is 0.316. The van der Waals surface area contributed by atoms with Crippen molar-refractivity contribution in [2.24, 2.45) is 0 Å². The first-order chi connectivity index (χ1) is 13.1. The van der Waals surface area contributed by atoms with Gasteiger partial charge in [-0.1, -0.05) is 17.3 Å². The van der Waals surface area contributed by atoms with E-state index in [1.807, 2.05) is 13.0 Å². The van der Waals surface area contributed by atoms with Gasteiger partial charge in [-0.2, -0.15) is 5.10 Å². The second-order valence-electron chi connectivity index (χ2n) is 6.70. The zero-order valence-corrected chi connectivity index (χ0v) is 14.9. The van der Waals surface area contributed by atoms with Crippen LogP contribution in [0.25, 0.3) is 11.3 Å². The van der Waals surface area contributed by atoms with Crippen LogP contribution in [0.4, 0.5) is 14.9 Å². The number of H-pyrrole nitrogens is 1. The van der Waals surface area contributed by atoms with Crippen LogP contribution < -0.4 is 5.32 Å². The number of urea groups is 1. The van der Waals surface area contributed by atoms with E-state index in [-0.39, 0.29) is 17.6 Å². The number of aromatic amines is 1. The molecule has 4 rings (SSSR count). The molecule has 3 aromatic rings. The number of nitrogens with one attached hydrogen (secondary N) is 2. The number of hydrogen-bond acceptors (Lipinski definition) is 4. The summed E-state index contributed by atoms with van der Waals surface area (Å²) in [5, 5.41) is 13.8. The lowest BCUT2D eigenvalue weighted by molar-refractivity contribution is 0.194. The number of aryl methyl sites for hydroxylation is 1. The van der Waals surface area contributed by atoms with Gasteiger partial charge in [-0.3, -0.25) is 5.10 Å². The van der Waals surface area contributed by atoms with Gasteiger partial charge < -0.3 is 14.7 Å². The Bertz CT molecular complexity index is 943. The molecule has 0 unspecified atom stereocenters. The van der Waals surface area contributed by atoms with Gasteiger partial charge in [-0.25, -0.2) is 9.18 Å². The summed E-state index contributed by atoms with van der Waals surface area (Å²) in [6.07, 6.45) is 3.31. The normalized spacial score (nSPS) is 15.1. The van der Waals surface area contributed by atoms with Gasteiger partial charge in [0, 0.05) is 30.8 Å². The minimum atomic E-state index is -0.440. The van der Waals surface area contributed by atoms with Crippen LogP contribution >= 0.6 is 0 Å². The lowest BCUT2D eigenvalue weighted by atomic mass is 9.91. The molecule has 0 aliphatic carbocycles. The van der Waals surface area contributed by atoms with Gasteiger partial charge in [-0.05, 0) is 31.9 Å². The molecule has 8 heteroatoms. The Kier molecular flexibility index (Phi) is 4.62. The molecule has 0 bridgehead atoms. The van der Waals surface area contributed by atoms with E-state index in [9.17, 15) is 9.18 Å². The summed E-state index contributed by atoms with van der Waals surface area (Å²) in [6, 6.07) is 7.76. The minimum Gasteiger partial charge on any atom is -0.356 e. The molecule has 0 atom stereocenters. The standard InChI is InChI=1S/C19H20FN5O2/c1-12-10-17(27-24-12)14-11-21-23-18(14)13-6-8-25(9-7-13)19(26)22-16-5-3-2-4-15(16)20/h2-5,10-11,13H,6-9H2,1H3,(H,21,23)(H,22,26). The first kappa shape index (κ1) is 17.3. The third-order valence-corrected chi connectivity index (χ3v) is 4.87. The molecule has 1 fully saturated rings. The zero-order valence-electron chi connectivity index (χ0n) is 14.9. The third kappa shape index (κ3) is 3.55. The second-order valence-corrected chi connectivity index (χ2v) is 6.70. The van der Waals surface area contributed by atoms with Crippen LogP contribution in [0.5, 0.6) is 0 Å². The van der Waals surface area contributed by atoms with E-state index in [1.54, 1.807) is 29.3 Å². The Morgan fingerprint density at radius 3 is 2.81 bits per heavy atom. The number of amides is 2. The average Bonchev–Trinajstić information content (AvgIpc) is 3.32. The number of hydrogen-bond donors (Lipinski definition) is 2. The van der Waals surface area contributed by atoms with Crippen molar-refractivity contribution in [3.8, 4) is 11.3 Å². The predicted octanol–water partition coefficient (Wildman–Crippen LogP) is 3.92. The van der Waals surface area contributed by atoms with Crippen molar-refractivity contribution in [1.29, 1.82) is 0 Å². The Balaban J connectivity index is 1.40. The molecule has 1 saturated heterocycles. The number of anilines is 1. The number of para-hydroxylation sites is 1. The van der Waals surface area contributed by atoms with E-state index < -0.39 is 5.82 Å². The molecule has 2 aromatic heterocycles. The summed E-state index contributed by atoms with van der Waals surface area (Å²) in [6.45, 7) is 3.04. The molecule has 27 heavy (non-hydrogen) atoms. The lowest BCUT2D eigenvalue weighted by Gasteiger charge is -2.31. The number of carbonyl (C=O) groups is 1. The molecular weight excluding hydrogens is 349 g/mol. The molecule has 2 amide bonds. The monoisotopic (exact) mass is 369 g/mol. The van der Waals surface area contributed by atoms with Gasteiger partial charge in [-0.15, -0.1) is 0 Å². The number of benzene rings is 1. The fourth-order valence-electron chi connectivity index (χ4n) is 3.42. The van der Waals surface area contributed by atoms with Gasteiger partial charge in [0.15, 0.2) is 5.76 Å². The summed E-state index contributed by atoms with van der Waals surface area (Å²) >= 11 is 0. The molecule has 1 aromatic carbocycles. The highest BCUT2D eigenvalue weighted by molar-refractivity contribution is 5.89. The summed E-state index contributed by atoms with van der Waals surface area (Å²) in [4.78, 5) is 14.1. The maximum absolute atomic E-state index is 13.7. The Labute approximate surface area is 155 Å². The highest BCUT2D eigenvalue weighted by Gasteiger charge is 2.27. The first-order valence-electron chi connectivity index (χ1n) is 8.89. The van der Waals surface area contributed by atoms with Crippen LogP contribution in [0.3, 0.4) is 0 Å². The molecule has 7 nitrogen and oxygen atoms in total. The topological polar surface area (TPSA) is 87.0 Å². The molecule has 140 valence electrons. The van der Waals surface area contributed by atoms with Crippen LogP contribution in [0.15, 0.2) is 41.1 Å². The van der Waals surface area contributed by atoms with Gasteiger partial charge in [0.2, 0.25) is 0 Å². The van der Waals surface area contributed by atoms with Crippen molar-refractivity contribution in [1.82, 2.24) is 20.3 Å². The number of nitrogens with zero attached hydrogens (tertiary/aromatic N) is 3. The number of aromatic nitrogens is 3. The van der Waals surface area contributed by atoms with Crippen LogP contribution in [-0.4, -0.2) is 39.4 Å². The first-order valence-corrected chi connectivity index (χ1v) is 8.89. The SMILES string of the molecule is Cc1cc(-c2cn[nH]c2C2CCN(C(=O)Nc3ccccc3F)CC2)on1. The van der Waals surface area contributed by atoms with Gasteiger partial charge >= 0.3 is 6.03 Å². The van der Waals surface area contributed by atoms with Gasteiger partial charge in [0.1, 0.15) is 5.82 Å². The van der Waals surface area contributed by atoms with E-state index >= 15 is 0 Å². The van der Waals surface area contributed by atoms with Crippen molar-refractivity contribution >= 4 is 11.7 Å². The van der Waals surface area contributed by atoms with Crippen LogP contribution in [0.1, 0.15) is 30.1 Å². The number of likely N-dealkylation sites (tertiary alicyclic amines) is 1. The smallest absolute Gasteiger partial charge is 0.321 e. The zero-order chi connectivity index (χ0) is 18.8. The highest BCUT2D eigenvalue weighted by atomic mass is 19.1. The lowest BCUT2D eigenvalue weighted by Crippen LogP contribution is -2.40. The van der Waals surface area contributed by atoms with Crippen molar-refractivity contribution in [2.45, 2.75) is 25.7 Å². The molecule has 2 N–H and O–H groups in total. The van der Waals surface area contributed by atoms with Crippen LogP contribution in [-0.2, 0) is 0 Å². The maximum Gasteiger partial charge on any atom is 0.321 e. The number of piperidine rings is 1. The summed E-state index contributed by atoms with van der Waals surface area (Å²) in [5.74, 6) is 0.492. The molecule has 0 saturated carbocycles. The molecule has 0 spiro atoms. The summed E-state index contributed by atoms with van der Waals surface area (Å²) in [7, 11) is 0. The molecular formula is C19H20FN5O2. The van der Waals surface area contributed by atoms with E-state index in [0.29, 0.717) is 18.8 Å². The minimum absolute atomic E-state index is 0.196. The molecule has 3 heterocycles. The quantitative estimate of drug-likeness (QED) is 0.732. The predicted molar refractivity (Wildman–Crippen MR) is 97.8 cm³/mol. The fourth-order valence-corrected chi connectivity index (χ4v) is 3.42. The highest BCUT2D eigenvalue weighted by Crippen LogP contribution is 2.34. The van der Waals surface area contributed by atoms with Crippen molar-refractivity contribution < 1.29 is 13.7 Å². The second kappa shape index (κ2) is 7.22. The Hall–Kier alpha value is -3.16. The molecule has 1 aliphatic heterocycles. The van der Waals surface area contributed by atoms with Gasteiger partial charge in [0.05, 0.1) is 23.1 Å². The van der Waals surface area contributed by atoms with E-state index in [2.05, 4.69) is 20.7 Å². The summed E-state index contributed by atoms with van der Waals surface area (Å²) < 4.78 is 19.1. The molecule has 0 radical (unpaired) electrons. The van der Waals surface area contributed by atoms with Gasteiger partial charge in [0.25, 0.3) is 0 Å². The van der Waals surface area contributed by atoms with E-state index in [0.717, 1.165) is 29.8 Å². The summed E-state index contributed by atoms with van der Waals surface area (Å²) in [5.41, 5.74) is 2.92. The average molecular weight is 369 g/mol. The third-order valence-electron chi connectivity index (χ3n) is 4.87. The number of halogens is 1. The van der Waals surface area contributed by atoms with Crippen molar-refractivity contribution in [3.05, 3.63) is 53.7 Å². The Morgan fingerprint density at radius 2 is 2.11 bits per heavy atom. The number of carbonyl (C=O) groups excluding carboxylic acids is 1. The van der Waals surface area contributed by atoms with Crippen LogP contribution in [0.2, 0.25) is 0 Å². The largest absolute Gasteiger partial charge is 0.356 e. The maximum atomic E-state index is 13.7. The Morgan fingerprint density at radius 1 is 1.33 bits per heavy atom. The van der Waals surface area contributed by atoms with Crippen molar-refractivity contribution in [2.75, 3.05) is 18.4 Å².